The Balaban J connectivity index is 2.18. The summed E-state index contributed by atoms with van der Waals surface area (Å²) in [5.74, 6) is -0.153. The molecule has 2 aromatic carbocycles. The van der Waals surface area contributed by atoms with Gasteiger partial charge in [-0.1, -0.05) is 49.2 Å². The monoisotopic (exact) mass is 404 g/mol. The predicted octanol–water partition coefficient (Wildman–Crippen LogP) is 5.43. The number of hydrogen-bond donors (Lipinski definition) is 2. The second-order valence-corrected chi connectivity index (χ2v) is 7.68. The van der Waals surface area contributed by atoms with E-state index in [-0.39, 0.29) is 6.04 Å². The molecule has 0 radical (unpaired) electrons. The van der Waals surface area contributed by atoms with Crippen molar-refractivity contribution in [1.29, 1.82) is 0 Å². The van der Waals surface area contributed by atoms with Crippen molar-refractivity contribution in [3.8, 4) is 0 Å². The summed E-state index contributed by atoms with van der Waals surface area (Å²) in [6.45, 7) is 8.49. The third-order valence-corrected chi connectivity index (χ3v) is 4.89. The number of hydrogen-bond acceptors (Lipinski definition) is 3. The van der Waals surface area contributed by atoms with E-state index in [2.05, 4.69) is 56.5 Å². The topological polar surface area (TPSA) is 50.4 Å². The Bertz CT molecular complexity index is 852. The van der Waals surface area contributed by atoms with E-state index in [1.165, 1.54) is 23.8 Å². The number of esters is 1. The average Bonchev–Trinajstić information content (AvgIpc) is 2.61. The van der Waals surface area contributed by atoms with Crippen LogP contribution in [0.4, 0.5) is 5.69 Å². The molecule has 0 saturated heterocycles. The van der Waals surface area contributed by atoms with Crippen molar-refractivity contribution in [3.05, 3.63) is 63.7 Å². The second kappa shape index (κ2) is 9.20. The van der Waals surface area contributed by atoms with Crippen LogP contribution in [0.1, 0.15) is 46.9 Å². The van der Waals surface area contributed by atoms with E-state index >= 15 is 0 Å². The van der Waals surface area contributed by atoms with Gasteiger partial charge >= 0.3 is 5.97 Å². The zero-order valence-electron chi connectivity index (χ0n) is 16.2. The Kier molecular flexibility index (Phi) is 7.22. The molecule has 6 heteroatoms. The van der Waals surface area contributed by atoms with Crippen molar-refractivity contribution < 1.29 is 9.53 Å². The molecular weight excluding hydrogens is 380 g/mol. The van der Waals surface area contributed by atoms with Crippen LogP contribution in [0.5, 0.6) is 0 Å². The quantitative estimate of drug-likeness (QED) is 0.514. The third kappa shape index (κ3) is 5.44. The van der Waals surface area contributed by atoms with Gasteiger partial charge in [-0.15, -0.1) is 0 Å². The fourth-order valence-electron chi connectivity index (χ4n) is 2.96. The lowest BCUT2D eigenvalue weighted by Crippen LogP contribution is -2.35. The smallest absolute Gasteiger partial charge is 0.339 e. The molecule has 1 atom stereocenters. The van der Waals surface area contributed by atoms with Gasteiger partial charge in [-0.3, -0.25) is 0 Å². The van der Waals surface area contributed by atoms with Crippen molar-refractivity contribution in [3.63, 3.8) is 0 Å². The van der Waals surface area contributed by atoms with Crippen molar-refractivity contribution in [2.24, 2.45) is 5.92 Å². The Morgan fingerprint density at radius 1 is 1.15 bits per heavy atom. The SMILES string of the molecule is COC(=O)c1cc(NC(=S)N[C@@H](c2ccc(C)cc2C)C(C)C)ccc1Cl. The Labute approximate surface area is 171 Å². The molecule has 0 heterocycles. The average molecular weight is 405 g/mol. The normalized spacial score (nSPS) is 11.8. The van der Waals surface area contributed by atoms with E-state index in [4.69, 9.17) is 28.6 Å². The van der Waals surface area contributed by atoms with Gasteiger partial charge in [0.25, 0.3) is 0 Å². The first kappa shape index (κ1) is 21.2. The van der Waals surface area contributed by atoms with Gasteiger partial charge in [0, 0.05) is 5.69 Å². The zero-order chi connectivity index (χ0) is 20.1. The number of methoxy groups -OCH3 is 1. The van der Waals surface area contributed by atoms with Crippen LogP contribution in [0.15, 0.2) is 36.4 Å². The van der Waals surface area contributed by atoms with E-state index in [1.54, 1.807) is 18.2 Å². The summed E-state index contributed by atoms with van der Waals surface area (Å²) in [6.07, 6.45) is 0. The first-order valence-electron chi connectivity index (χ1n) is 8.75. The molecule has 0 aliphatic heterocycles. The van der Waals surface area contributed by atoms with Crippen molar-refractivity contribution in [2.45, 2.75) is 33.7 Å². The number of thiocarbonyl (C=S) groups is 1. The van der Waals surface area contributed by atoms with Gasteiger partial charge in [-0.25, -0.2) is 4.79 Å². The minimum Gasteiger partial charge on any atom is -0.465 e. The van der Waals surface area contributed by atoms with Crippen LogP contribution >= 0.6 is 23.8 Å². The molecule has 2 aromatic rings. The Hall–Kier alpha value is -2.11. The molecule has 144 valence electrons. The van der Waals surface area contributed by atoms with Crippen LogP contribution < -0.4 is 10.6 Å². The number of nitrogens with one attached hydrogen (secondary N) is 2. The maximum atomic E-state index is 11.8. The van der Waals surface area contributed by atoms with Crippen LogP contribution in [0.2, 0.25) is 5.02 Å². The molecule has 0 saturated carbocycles. The first-order chi connectivity index (χ1) is 12.7. The maximum absolute atomic E-state index is 11.8. The standard InChI is InChI=1S/C21H25ClN2O2S/c1-12(2)19(16-8-6-13(3)10-14(16)4)24-21(27)23-15-7-9-18(22)17(11-15)20(25)26-5/h6-12,19H,1-5H3,(H2,23,24,27)/t19-/m1/s1. The fraction of sp³-hybridized carbons (Fsp3) is 0.333. The predicted molar refractivity (Wildman–Crippen MR) is 116 cm³/mol. The molecule has 2 N–H and O–H groups in total. The molecule has 0 amide bonds. The van der Waals surface area contributed by atoms with Gasteiger partial charge < -0.3 is 15.4 Å². The van der Waals surface area contributed by atoms with E-state index in [1.807, 2.05) is 0 Å². The van der Waals surface area contributed by atoms with Gasteiger partial charge in [-0.2, -0.15) is 0 Å². The van der Waals surface area contributed by atoms with Gasteiger partial charge in [0.1, 0.15) is 0 Å². The Morgan fingerprint density at radius 3 is 2.44 bits per heavy atom. The molecule has 0 aliphatic rings. The number of anilines is 1. The number of aryl methyl sites for hydroxylation is 2. The molecule has 2 rings (SSSR count). The number of benzene rings is 2. The van der Waals surface area contributed by atoms with Gasteiger partial charge in [0.15, 0.2) is 5.11 Å². The molecule has 0 fully saturated rings. The van der Waals surface area contributed by atoms with Crippen molar-refractivity contribution in [1.82, 2.24) is 5.32 Å². The highest BCUT2D eigenvalue weighted by molar-refractivity contribution is 7.80. The molecule has 27 heavy (non-hydrogen) atoms. The molecular formula is C21H25ClN2O2S. The minimum absolute atomic E-state index is 0.0676. The lowest BCUT2D eigenvalue weighted by Gasteiger charge is -2.26. The number of carbonyl (C=O) groups is 1. The van der Waals surface area contributed by atoms with Crippen LogP contribution in [0, 0.1) is 19.8 Å². The lowest BCUT2D eigenvalue weighted by molar-refractivity contribution is 0.0601. The van der Waals surface area contributed by atoms with Crippen LogP contribution in [0.3, 0.4) is 0 Å². The zero-order valence-corrected chi connectivity index (χ0v) is 17.8. The summed E-state index contributed by atoms with van der Waals surface area (Å²) in [6, 6.07) is 11.5. The maximum Gasteiger partial charge on any atom is 0.339 e. The summed E-state index contributed by atoms with van der Waals surface area (Å²) >= 11 is 11.6. The Morgan fingerprint density at radius 2 is 1.85 bits per heavy atom. The fourth-order valence-corrected chi connectivity index (χ4v) is 3.40. The summed E-state index contributed by atoms with van der Waals surface area (Å²) < 4.78 is 4.75. The largest absolute Gasteiger partial charge is 0.465 e. The van der Waals surface area contributed by atoms with Crippen molar-refractivity contribution in [2.75, 3.05) is 12.4 Å². The summed E-state index contributed by atoms with van der Waals surface area (Å²) in [5, 5.41) is 7.33. The summed E-state index contributed by atoms with van der Waals surface area (Å²) in [7, 11) is 1.32. The molecule has 0 bridgehead atoms. The number of carbonyl (C=O) groups excluding carboxylic acids is 1. The third-order valence-electron chi connectivity index (χ3n) is 4.34. The van der Waals surface area contributed by atoms with E-state index in [0.717, 1.165) is 0 Å². The van der Waals surface area contributed by atoms with Crippen LogP contribution in [-0.4, -0.2) is 18.2 Å². The van der Waals surface area contributed by atoms with E-state index in [9.17, 15) is 4.79 Å². The van der Waals surface area contributed by atoms with E-state index < -0.39 is 5.97 Å². The minimum atomic E-state index is -0.488. The second-order valence-electron chi connectivity index (χ2n) is 6.87. The van der Waals surface area contributed by atoms with Gasteiger partial charge in [0.2, 0.25) is 0 Å². The van der Waals surface area contributed by atoms with E-state index in [0.29, 0.717) is 27.3 Å². The first-order valence-corrected chi connectivity index (χ1v) is 9.54. The highest BCUT2D eigenvalue weighted by atomic mass is 35.5. The molecule has 0 aromatic heterocycles. The highest BCUT2D eigenvalue weighted by Gasteiger charge is 2.19. The van der Waals surface area contributed by atoms with Crippen LogP contribution in [-0.2, 0) is 4.74 Å². The summed E-state index contributed by atoms with van der Waals surface area (Å²) in [4.78, 5) is 11.8. The number of halogens is 1. The number of rotatable bonds is 5. The van der Waals surface area contributed by atoms with Gasteiger partial charge in [0.05, 0.1) is 23.7 Å². The molecule has 0 unspecified atom stereocenters. The number of ether oxygens (including phenoxy) is 1. The summed E-state index contributed by atoms with van der Waals surface area (Å²) in [5.41, 5.74) is 4.63. The van der Waals surface area contributed by atoms with Crippen molar-refractivity contribution >= 4 is 40.6 Å². The lowest BCUT2D eigenvalue weighted by atomic mass is 9.92. The highest BCUT2D eigenvalue weighted by Crippen LogP contribution is 2.26. The molecule has 0 spiro atoms. The van der Waals surface area contributed by atoms with Gasteiger partial charge in [-0.05, 0) is 61.3 Å². The molecule has 0 aliphatic carbocycles. The van der Waals surface area contributed by atoms with Crippen LogP contribution in [0.25, 0.3) is 0 Å². The molecule has 4 nitrogen and oxygen atoms in total.